The number of fused-ring (bicyclic) bond motifs is 1. The number of hydrogen-bond donors (Lipinski definition) is 1. The Labute approximate surface area is 175 Å². The lowest BCUT2D eigenvalue weighted by Gasteiger charge is -2.31. The van der Waals surface area contributed by atoms with E-state index in [1.54, 1.807) is 23.1 Å². The predicted octanol–water partition coefficient (Wildman–Crippen LogP) is 0.989. The van der Waals surface area contributed by atoms with Gasteiger partial charge in [0.05, 0.1) is 23.7 Å². The molecule has 0 radical (unpaired) electrons. The van der Waals surface area contributed by atoms with Crippen LogP contribution < -0.4 is 14.8 Å². The Kier molecular flexibility index (Phi) is 5.74. The van der Waals surface area contributed by atoms with Crippen LogP contribution in [-0.2, 0) is 21.2 Å². The van der Waals surface area contributed by atoms with Crippen LogP contribution in [0.25, 0.3) is 0 Å². The molecule has 1 saturated heterocycles. The minimum atomic E-state index is -3.78. The second-order valence-electron chi connectivity index (χ2n) is 7.29. The number of morpholine rings is 1. The molecule has 4 rings (SSSR count). The number of hydrogen-bond acceptors (Lipinski definition) is 7. The van der Waals surface area contributed by atoms with Gasteiger partial charge >= 0.3 is 0 Å². The zero-order valence-electron chi connectivity index (χ0n) is 16.7. The van der Waals surface area contributed by atoms with Gasteiger partial charge in [-0.25, -0.2) is 18.5 Å². The number of sulfonamides is 1. The highest BCUT2D eigenvalue weighted by atomic mass is 32.2. The first-order valence-electron chi connectivity index (χ1n) is 9.75. The van der Waals surface area contributed by atoms with Gasteiger partial charge in [0.15, 0.2) is 6.23 Å². The van der Waals surface area contributed by atoms with E-state index in [-0.39, 0.29) is 17.0 Å². The Balaban J connectivity index is 1.45. The monoisotopic (exact) mass is 432 g/mol. The predicted molar refractivity (Wildman–Crippen MR) is 110 cm³/mol. The molecule has 1 amide bonds. The van der Waals surface area contributed by atoms with Crippen LogP contribution in [0.2, 0.25) is 0 Å². The molecule has 0 spiro atoms. The molecule has 9 nitrogen and oxygen atoms in total. The molecular weight excluding hydrogens is 408 g/mol. The van der Waals surface area contributed by atoms with E-state index in [1.807, 2.05) is 6.92 Å². The van der Waals surface area contributed by atoms with Crippen molar-refractivity contribution >= 4 is 21.6 Å². The van der Waals surface area contributed by atoms with Gasteiger partial charge in [0.2, 0.25) is 15.9 Å². The third-order valence-electron chi connectivity index (χ3n) is 5.35. The fraction of sp³-hybridized carbons (Fsp3) is 0.400. The molecule has 1 unspecified atom stereocenters. The van der Waals surface area contributed by atoms with Crippen molar-refractivity contribution in [3.63, 3.8) is 0 Å². The number of rotatable bonds is 5. The first kappa shape index (κ1) is 20.7. The summed E-state index contributed by atoms with van der Waals surface area (Å²) in [5.41, 5.74) is 1.90. The number of pyridine rings is 1. The van der Waals surface area contributed by atoms with Crippen LogP contribution in [0.1, 0.15) is 22.8 Å². The van der Waals surface area contributed by atoms with Gasteiger partial charge in [0, 0.05) is 37.6 Å². The number of nitrogens with zero attached hydrogens (tertiary/aromatic N) is 3. The summed E-state index contributed by atoms with van der Waals surface area (Å²) >= 11 is 0. The molecule has 30 heavy (non-hydrogen) atoms. The molecule has 0 saturated carbocycles. The Hall–Kier alpha value is -2.53. The quantitative estimate of drug-likeness (QED) is 0.749. The molecule has 1 aromatic carbocycles. The molecular formula is C20H24N4O5S. The van der Waals surface area contributed by atoms with Crippen molar-refractivity contribution in [1.29, 1.82) is 0 Å². The highest BCUT2D eigenvalue weighted by molar-refractivity contribution is 7.89. The molecule has 2 aliphatic rings. The number of amides is 1. The van der Waals surface area contributed by atoms with Gasteiger partial charge in [-0.15, -0.1) is 0 Å². The van der Waals surface area contributed by atoms with Crippen molar-refractivity contribution in [3.8, 4) is 5.88 Å². The number of carbonyl (C=O) groups is 1. The summed E-state index contributed by atoms with van der Waals surface area (Å²) in [4.78, 5) is 21.1. The lowest BCUT2D eigenvalue weighted by molar-refractivity contribution is -0.0388. The summed E-state index contributed by atoms with van der Waals surface area (Å²) < 4.78 is 34.3. The summed E-state index contributed by atoms with van der Waals surface area (Å²) in [6.45, 7) is 5.41. The van der Waals surface area contributed by atoms with Gasteiger partial charge in [-0.2, -0.15) is 0 Å². The Morgan fingerprint density at radius 2 is 1.97 bits per heavy atom. The van der Waals surface area contributed by atoms with Gasteiger partial charge in [-0.3, -0.25) is 9.69 Å². The van der Waals surface area contributed by atoms with Crippen LogP contribution in [-0.4, -0.2) is 63.3 Å². The number of carbonyl (C=O) groups excluding carboxylic acids is 1. The van der Waals surface area contributed by atoms with Gasteiger partial charge in [0.1, 0.15) is 0 Å². The number of primary sulfonamides is 1. The normalized spacial score (nSPS) is 18.1. The van der Waals surface area contributed by atoms with Crippen LogP contribution in [0.4, 0.5) is 5.69 Å². The van der Waals surface area contributed by atoms with Gasteiger partial charge < -0.3 is 14.4 Å². The molecule has 2 aromatic rings. The maximum atomic E-state index is 13.0. The number of ether oxygens (including phenoxy) is 2. The highest BCUT2D eigenvalue weighted by Gasteiger charge is 2.27. The second-order valence-corrected chi connectivity index (χ2v) is 8.85. The van der Waals surface area contributed by atoms with Crippen molar-refractivity contribution < 1.29 is 22.7 Å². The molecule has 160 valence electrons. The molecule has 3 heterocycles. The lowest BCUT2D eigenvalue weighted by Crippen LogP contribution is -2.44. The van der Waals surface area contributed by atoms with E-state index < -0.39 is 10.0 Å². The Morgan fingerprint density at radius 3 is 2.63 bits per heavy atom. The van der Waals surface area contributed by atoms with E-state index in [0.717, 1.165) is 18.7 Å². The summed E-state index contributed by atoms with van der Waals surface area (Å²) in [5, 5.41) is 5.19. The Bertz CT molecular complexity index is 1040. The van der Waals surface area contributed by atoms with Crippen LogP contribution in [0.3, 0.4) is 0 Å². The smallest absolute Gasteiger partial charge is 0.259 e. The number of benzene rings is 1. The summed E-state index contributed by atoms with van der Waals surface area (Å²) in [7, 11) is -3.78. The van der Waals surface area contributed by atoms with E-state index in [1.165, 1.54) is 18.3 Å². The Morgan fingerprint density at radius 1 is 1.20 bits per heavy atom. The van der Waals surface area contributed by atoms with E-state index in [2.05, 4.69) is 9.88 Å². The van der Waals surface area contributed by atoms with Crippen molar-refractivity contribution in [3.05, 3.63) is 47.7 Å². The number of nitrogens with two attached hydrogens (primary N) is 1. The highest BCUT2D eigenvalue weighted by Crippen LogP contribution is 2.31. The molecule has 1 aromatic heterocycles. The largest absolute Gasteiger partial charge is 0.459 e. The average Bonchev–Trinajstić information content (AvgIpc) is 3.17. The molecule has 2 aliphatic heterocycles. The van der Waals surface area contributed by atoms with Crippen LogP contribution >= 0.6 is 0 Å². The summed E-state index contributed by atoms with van der Waals surface area (Å²) in [5.74, 6) is 0.252. The molecule has 0 aliphatic carbocycles. The minimum absolute atomic E-state index is 0.0492. The summed E-state index contributed by atoms with van der Waals surface area (Å²) in [6.07, 6.45) is 1.93. The van der Waals surface area contributed by atoms with Gasteiger partial charge in [-0.1, -0.05) is 0 Å². The number of anilines is 1. The van der Waals surface area contributed by atoms with Crippen molar-refractivity contribution in [2.45, 2.75) is 24.5 Å². The molecule has 0 bridgehead atoms. The van der Waals surface area contributed by atoms with E-state index in [0.29, 0.717) is 43.3 Å². The fourth-order valence-electron chi connectivity index (χ4n) is 3.69. The topological polar surface area (TPSA) is 115 Å². The molecule has 1 fully saturated rings. The van der Waals surface area contributed by atoms with Crippen molar-refractivity contribution in [1.82, 2.24) is 9.88 Å². The fourth-order valence-corrected chi connectivity index (χ4v) is 4.25. The van der Waals surface area contributed by atoms with E-state index in [4.69, 9.17) is 14.6 Å². The minimum Gasteiger partial charge on any atom is -0.459 e. The van der Waals surface area contributed by atoms with Gasteiger partial charge in [-0.05, 0) is 43.2 Å². The number of aromatic nitrogens is 1. The third-order valence-corrected chi connectivity index (χ3v) is 6.27. The van der Waals surface area contributed by atoms with E-state index in [9.17, 15) is 13.2 Å². The van der Waals surface area contributed by atoms with Crippen molar-refractivity contribution in [2.24, 2.45) is 5.14 Å². The SMILES string of the molecule is CC(Oc1ccc(C(=O)N2CCc3cc(S(N)(=O)=O)ccc32)cn1)N1CCOCC1. The second kappa shape index (κ2) is 8.31. The van der Waals surface area contributed by atoms with Crippen LogP contribution in [0, 0.1) is 0 Å². The van der Waals surface area contributed by atoms with Crippen molar-refractivity contribution in [2.75, 3.05) is 37.7 Å². The van der Waals surface area contributed by atoms with E-state index >= 15 is 0 Å². The molecule has 10 heteroatoms. The standard InChI is InChI=1S/C20H24N4O5S/c1-14(23-8-10-28-11-9-23)29-19-5-2-16(13-22-19)20(25)24-7-6-15-12-17(30(21,26)27)3-4-18(15)24/h2-5,12-14H,6-11H2,1H3,(H2,21,26,27). The summed E-state index contributed by atoms with van der Waals surface area (Å²) in [6, 6.07) is 7.94. The maximum Gasteiger partial charge on any atom is 0.259 e. The molecule has 2 N–H and O–H groups in total. The first-order chi connectivity index (χ1) is 14.3. The van der Waals surface area contributed by atoms with Gasteiger partial charge in [0.25, 0.3) is 5.91 Å². The molecule has 1 atom stereocenters. The van der Waals surface area contributed by atoms with Crippen LogP contribution in [0.5, 0.6) is 5.88 Å². The first-order valence-corrected chi connectivity index (χ1v) is 11.3. The zero-order chi connectivity index (χ0) is 21.3. The maximum absolute atomic E-state index is 13.0. The van der Waals surface area contributed by atoms with Crippen LogP contribution in [0.15, 0.2) is 41.4 Å². The average molecular weight is 433 g/mol. The lowest BCUT2D eigenvalue weighted by atomic mass is 10.2. The third kappa shape index (κ3) is 4.31. The zero-order valence-corrected chi connectivity index (χ0v) is 17.5.